The van der Waals surface area contributed by atoms with Gasteiger partial charge in [-0.1, -0.05) is 18.2 Å². The van der Waals surface area contributed by atoms with Crippen molar-refractivity contribution in [1.29, 1.82) is 0 Å². The molecular formula is C22H31N7OS. The highest BCUT2D eigenvalue weighted by molar-refractivity contribution is 7.80. The predicted octanol–water partition coefficient (Wildman–Crippen LogP) is 1.73. The van der Waals surface area contributed by atoms with Crippen LogP contribution in [0, 0.1) is 6.92 Å². The number of ether oxygens (including phenoxy) is 1. The molecule has 2 saturated heterocycles. The highest BCUT2D eigenvalue weighted by Crippen LogP contribution is 2.20. The number of para-hydroxylation sites is 1. The van der Waals surface area contributed by atoms with Gasteiger partial charge in [0.2, 0.25) is 5.95 Å². The molecule has 0 aliphatic carbocycles. The van der Waals surface area contributed by atoms with E-state index in [0.717, 1.165) is 77.1 Å². The largest absolute Gasteiger partial charge is 0.379 e. The summed E-state index contributed by atoms with van der Waals surface area (Å²) in [6.07, 6.45) is 0. The molecule has 0 unspecified atom stereocenters. The second-order valence-corrected chi connectivity index (χ2v) is 8.24. The van der Waals surface area contributed by atoms with E-state index < -0.39 is 0 Å². The maximum Gasteiger partial charge on any atom is 0.231 e. The number of anilines is 3. The zero-order valence-electron chi connectivity index (χ0n) is 18.1. The number of morpholine rings is 1. The number of benzene rings is 1. The minimum absolute atomic E-state index is 0.546. The Kier molecular flexibility index (Phi) is 7.50. The topological polar surface area (TPSA) is 68.8 Å². The fraction of sp³-hybridized carbons (Fsp3) is 0.500. The van der Waals surface area contributed by atoms with E-state index in [2.05, 4.69) is 60.6 Å². The normalized spacial score (nSPS) is 17.5. The van der Waals surface area contributed by atoms with Crippen LogP contribution in [0.1, 0.15) is 5.69 Å². The third-order valence-corrected chi connectivity index (χ3v) is 5.85. The fourth-order valence-corrected chi connectivity index (χ4v) is 4.09. The number of rotatable bonds is 6. The van der Waals surface area contributed by atoms with Crippen LogP contribution in [0.4, 0.5) is 17.5 Å². The minimum Gasteiger partial charge on any atom is -0.379 e. The Bertz CT molecular complexity index is 852. The highest BCUT2D eigenvalue weighted by atomic mass is 32.1. The second-order valence-electron chi connectivity index (χ2n) is 7.84. The van der Waals surface area contributed by atoms with Gasteiger partial charge in [0.15, 0.2) is 5.11 Å². The van der Waals surface area contributed by atoms with Crippen molar-refractivity contribution < 1.29 is 4.74 Å². The Morgan fingerprint density at radius 1 is 1.00 bits per heavy atom. The van der Waals surface area contributed by atoms with E-state index in [-0.39, 0.29) is 0 Å². The first-order chi connectivity index (χ1) is 15.2. The maximum absolute atomic E-state index is 5.45. The number of nitrogens with zero attached hydrogens (tertiary/aromatic N) is 5. The second kappa shape index (κ2) is 10.7. The number of aryl methyl sites for hydroxylation is 1. The number of piperazine rings is 1. The molecule has 1 aromatic heterocycles. The number of hydrogen-bond acceptors (Lipinski definition) is 7. The van der Waals surface area contributed by atoms with E-state index in [1.54, 1.807) is 0 Å². The molecule has 0 atom stereocenters. The molecule has 0 bridgehead atoms. The van der Waals surface area contributed by atoms with Gasteiger partial charge in [0.05, 0.1) is 13.2 Å². The zero-order chi connectivity index (χ0) is 21.5. The molecule has 0 saturated carbocycles. The lowest BCUT2D eigenvalue weighted by molar-refractivity contribution is 0.0389. The molecule has 2 fully saturated rings. The Hall–Kier alpha value is -2.49. The zero-order valence-corrected chi connectivity index (χ0v) is 18.9. The molecule has 3 heterocycles. The number of thiocarbonyl (C=S) groups is 1. The molecule has 2 N–H and O–H groups in total. The molecule has 2 aliphatic heterocycles. The molecule has 0 spiro atoms. The number of hydrogen-bond donors (Lipinski definition) is 2. The summed E-state index contributed by atoms with van der Waals surface area (Å²) in [5.74, 6) is 1.49. The molecule has 0 radical (unpaired) electrons. The van der Waals surface area contributed by atoms with Crippen molar-refractivity contribution in [2.45, 2.75) is 6.92 Å². The molecular weight excluding hydrogens is 410 g/mol. The first-order valence-electron chi connectivity index (χ1n) is 10.9. The molecule has 8 nitrogen and oxygen atoms in total. The van der Waals surface area contributed by atoms with Crippen LogP contribution in [-0.2, 0) is 4.74 Å². The van der Waals surface area contributed by atoms with Crippen LogP contribution in [0.15, 0.2) is 36.4 Å². The molecule has 4 rings (SSSR count). The SMILES string of the molecule is Cc1cc(N2CCN(c3ccccc3)CC2)nc(NC(=S)NCCN2CCOCC2)n1. The summed E-state index contributed by atoms with van der Waals surface area (Å²) in [5, 5.41) is 6.97. The Balaban J connectivity index is 1.28. The lowest BCUT2D eigenvalue weighted by Gasteiger charge is -2.36. The van der Waals surface area contributed by atoms with Gasteiger partial charge in [-0.3, -0.25) is 4.90 Å². The first-order valence-corrected chi connectivity index (χ1v) is 11.3. The Morgan fingerprint density at radius 3 is 2.45 bits per heavy atom. The van der Waals surface area contributed by atoms with Gasteiger partial charge in [0.1, 0.15) is 5.82 Å². The number of aromatic nitrogens is 2. The lowest BCUT2D eigenvalue weighted by atomic mass is 10.2. The van der Waals surface area contributed by atoms with Crippen molar-refractivity contribution in [2.24, 2.45) is 0 Å². The van der Waals surface area contributed by atoms with Gasteiger partial charge < -0.3 is 25.2 Å². The summed E-state index contributed by atoms with van der Waals surface area (Å²) in [6.45, 7) is 11.1. The summed E-state index contributed by atoms with van der Waals surface area (Å²) in [4.78, 5) is 16.3. The predicted molar refractivity (Wildman–Crippen MR) is 129 cm³/mol. The van der Waals surface area contributed by atoms with Crippen molar-refractivity contribution in [3.05, 3.63) is 42.1 Å². The monoisotopic (exact) mass is 441 g/mol. The van der Waals surface area contributed by atoms with E-state index in [9.17, 15) is 0 Å². The van der Waals surface area contributed by atoms with Crippen molar-refractivity contribution >= 4 is 34.8 Å². The van der Waals surface area contributed by atoms with E-state index in [1.165, 1.54) is 5.69 Å². The Labute approximate surface area is 189 Å². The van der Waals surface area contributed by atoms with Gasteiger partial charge in [-0.15, -0.1) is 0 Å². The molecule has 0 amide bonds. The van der Waals surface area contributed by atoms with Crippen molar-refractivity contribution in [2.75, 3.05) is 80.7 Å². The summed E-state index contributed by atoms with van der Waals surface area (Å²) >= 11 is 5.45. The summed E-state index contributed by atoms with van der Waals surface area (Å²) in [7, 11) is 0. The van der Waals surface area contributed by atoms with Crippen LogP contribution < -0.4 is 20.4 Å². The Morgan fingerprint density at radius 2 is 1.71 bits per heavy atom. The van der Waals surface area contributed by atoms with E-state index in [1.807, 2.05) is 13.0 Å². The van der Waals surface area contributed by atoms with Gasteiger partial charge in [0, 0.05) is 69.8 Å². The van der Waals surface area contributed by atoms with Crippen molar-refractivity contribution in [3.8, 4) is 0 Å². The van der Waals surface area contributed by atoms with Crippen molar-refractivity contribution in [1.82, 2.24) is 20.2 Å². The molecule has 31 heavy (non-hydrogen) atoms. The van der Waals surface area contributed by atoms with E-state index in [0.29, 0.717) is 11.1 Å². The average molecular weight is 442 g/mol. The fourth-order valence-electron chi connectivity index (χ4n) is 3.90. The molecule has 1 aromatic carbocycles. The maximum atomic E-state index is 5.45. The van der Waals surface area contributed by atoms with Crippen molar-refractivity contribution in [3.63, 3.8) is 0 Å². The standard InChI is InChI=1S/C22H31N7OS/c1-18-17-20(29-11-9-28(10-12-29)19-5-3-2-4-6-19)25-21(24-18)26-22(31)23-7-8-27-13-15-30-16-14-27/h2-6,17H,7-16H2,1H3,(H2,23,24,25,26,31). The van der Waals surface area contributed by atoms with Crippen LogP contribution in [0.25, 0.3) is 0 Å². The molecule has 2 aromatic rings. The smallest absolute Gasteiger partial charge is 0.231 e. The van der Waals surface area contributed by atoms with Gasteiger partial charge >= 0.3 is 0 Å². The van der Waals surface area contributed by atoms with E-state index in [4.69, 9.17) is 21.9 Å². The molecule has 2 aliphatic rings. The van der Waals surface area contributed by atoms with E-state index >= 15 is 0 Å². The van der Waals surface area contributed by atoms with Crippen LogP contribution in [0.2, 0.25) is 0 Å². The van der Waals surface area contributed by atoms with Gasteiger partial charge in [0.25, 0.3) is 0 Å². The van der Waals surface area contributed by atoms with Crippen LogP contribution in [0.5, 0.6) is 0 Å². The minimum atomic E-state index is 0.546. The number of nitrogens with one attached hydrogen (secondary N) is 2. The highest BCUT2D eigenvalue weighted by Gasteiger charge is 2.19. The quantitative estimate of drug-likeness (QED) is 0.652. The summed E-state index contributed by atoms with van der Waals surface area (Å²) < 4.78 is 5.38. The van der Waals surface area contributed by atoms with Crippen LogP contribution in [0.3, 0.4) is 0 Å². The van der Waals surface area contributed by atoms with Crippen LogP contribution in [-0.4, -0.2) is 85.6 Å². The third-order valence-electron chi connectivity index (χ3n) is 5.61. The summed E-state index contributed by atoms with van der Waals surface area (Å²) in [5.41, 5.74) is 2.20. The summed E-state index contributed by atoms with van der Waals surface area (Å²) in [6, 6.07) is 12.6. The average Bonchev–Trinajstić information content (AvgIpc) is 2.80. The van der Waals surface area contributed by atoms with Crippen LogP contribution >= 0.6 is 12.2 Å². The lowest BCUT2D eigenvalue weighted by Crippen LogP contribution is -2.47. The van der Waals surface area contributed by atoms with Gasteiger partial charge in [-0.2, -0.15) is 4.98 Å². The molecule has 166 valence electrons. The van der Waals surface area contributed by atoms with Gasteiger partial charge in [-0.05, 0) is 31.3 Å². The first kappa shape index (κ1) is 21.7. The van der Waals surface area contributed by atoms with Gasteiger partial charge in [-0.25, -0.2) is 4.98 Å². The molecule has 9 heteroatoms. The third kappa shape index (κ3) is 6.25.